The van der Waals surface area contributed by atoms with Crippen LogP contribution in [0.4, 0.5) is 0 Å². The van der Waals surface area contributed by atoms with Crippen LogP contribution in [0, 0.1) is 0 Å². The first-order valence-corrected chi connectivity index (χ1v) is 3.49. The average Bonchev–Trinajstić information content (AvgIpc) is 1.68. The zero-order chi connectivity index (χ0) is 6.41. The van der Waals surface area contributed by atoms with Crippen molar-refractivity contribution in [3.05, 3.63) is 0 Å². The van der Waals surface area contributed by atoms with Gasteiger partial charge in [0.1, 0.15) is 0 Å². The molecule has 0 aromatic carbocycles. The second kappa shape index (κ2) is 8.62. The summed E-state index contributed by atoms with van der Waals surface area (Å²) in [5, 5.41) is 0. The van der Waals surface area contributed by atoms with Crippen molar-refractivity contribution in [2.45, 2.75) is 26.7 Å². The fourth-order valence-electron chi connectivity index (χ4n) is 0.875. The minimum absolute atomic E-state index is 0. The summed E-state index contributed by atoms with van der Waals surface area (Å²) in [7, 11) is 2.17. The maximum absolute atomic E-state index is 2.36. The topological polar surface area (TPSA) is 3.24 Å². The normalized spacial score (nSPS) is 9.22. The van der Waals surface area contributed by atoms with Crippen molar-refractivity contribution in [2.75, 3.05) is 13.1 Å². The van der Waals surface area contributed by atoms with Crippen LogP contribution >= 0.6 is 0 Å². The van der Waals surface area contributed by atoms with Gasteiger partial charge in [-0.25, -0.2) is 0 Å². The van der Waals surface area contributed by atoms with Gasteiger partial charge in [-0.15, -0.1) is 0 Å². The van der Waals surface area contributed by atoms with Gasteiger partial charge in [0.2, 0.25) is 0 Å². The number of hydrogen-bond acceptors (Lipinski definition) is 1. The van der Waals surface area contributed by atoms with E-state index in [1.54, 1.807) is 0 Å². The molecule has 0 saturated heterocycles. The molecule has 0 aliphatic heterocycles. The van der Waals surface area contributed by atoms with Crippen molar-refractivity contribution < 1.29 is 0 Å². The quantitative estimate of drug-likeness (QED) is 0.473. The van der Waals surface area contributed by atoms with Crippen molar-refractivity contribution in [3.63, 3.8) is 0 Å². The van der Waals surface area contributed by atoms with E-state index in [0.29, 0.717) is 0 Å². The van der Waals surface area contributed by atoms with E-state index in [1.807, 2.05) is 0 Å². The standard InChI is InChI=1S/C6H16BN.Li.H/c1-3-5-8(7)6-4-2;;/h3-7H2,1-2H3;;. The second-order valence-corrected chi connectivity index (χ2v) is 2.30. The summed E-state index contributed by atoms with van der Waals surface area (Å²) < 4.78 is 0. The predicted molar refractivity (Wildman–Crippen MR) is 47.8 cm³/mol. The summed E-state index contributed by atoms with van der Waals surface area (Å²) in [5.41, 5.74) is 0. The molecule has 0 saturated carbocycles. The van der Waals surface area contributed by atoms with E-state index in [9.17, 15) is 0 Å². The van der Waals surface area contributed by atoms with Crippen LogP contribution < -0.4 is 0 Å². The van der Waals surface area contributed by atoms with E-state index >= 15 is 0 Å². The first-order chi connectivity index (χ1) is 3.81. The van der Waals surface area contributed by atoms with Gasteiger partial charge in [0.15, 0.2) is 7.98 Å². The molecule has 50 valence electrons. The molecule has 0 amide bonds. The molecule has 9 heavy (non-hydrogen) atoms. The van der Waals surface area contributed by atoms with Crippen LogP contribution in [-0.2, 0) is 0 Å². The third-order valence-corrected chi connectivity index (χ3v) is 1.21. The monoisotopic (exact) mass is 121 g/mol. The molecular formula is C6H17BLiN. The molecule has 0 radical (unpaired) electrons. The Kier molecular flexibility index (Phi) is 11.8. The molecule has 0 aliphatic rings. The Morgan fingerprint density at radius 3 is 1.67 bits per heavy atom. The summed E-state index contributed by atoms with van der Waals surface area (Å²) in [4.78, 5) is 2.36. The van der Waals surface area contributed by atoms with Gasteiger partial charge < -0.3 is 4.81 Å². The average molecular weight is 121 g/mol. The van der Waals surface area contributed by atoms with Gasteiger partial charge in [0, 0.05) is 0 Å². The van der Waals surface area contributed by atoms with Gasteiger partial charge in [-0.3, -0.25) is 0 Å². The molecule has 0 aromatic rings. The Morgan fingerprint density at radius 2 is 1.44 bits per heavy atom. The van der Waals surface area contributed by atoms with Gasteiger partial charge in [-0.2, -0.15) is 0 Å². The van der Waals surface area contributed by atoms with E-state index in [4.69, 9.17) is 0 Å². The van der Waals surface area contributed by atoms with Gasteiger partial charge in [-0.05, 0) is 25.9 Å². The van der Waals surface area contributed by atoms with Crippen LogP contribution in [0.15, 0.2) is 0 Å². The van der Waals surface area contributed by atoms with Crippen LogP contribution in [0.2, 0.25) is 0 Å². The summed E-state index contributed by atoms with van der Waals surface area (Å²) in [6.07, 6.45) is 2.55. The van der Waals surface area contributed by atoms with Crippen molar-refractivity contribution in [1.82, 2.24) is 4.81 Å². The molecular weight excluding hydrogens is 104 g/mol. The van der Waals surface area contributed by atoms with Gasteiger partial charge in [0.25, 0.3) is 0 Å². The molecule has 0 heterocycles. The van der Waals surface area contributed by atoms with Crippen LogP contribution in [0.25, 0.3) is 0 Å². The van der Waals surface area contributed by atoms with Crippen LogP contribution in [0.3, 0.4) is 0 Å². The van der Waals surface area contributed by atoms with Crippen molar-refractivity contribution in [1.29, 1.82) is 0 Å². The van der Waals surface area contributed by atoms with Crippen molar-refractivity contribution in [3.8, 4) is 0 Å². The Balaban J connectivity index is 0. The fraction of sp³-hybridized carbons (Fsp3) is 1.00. The maximum atomic E-state index is 2.36. The molecule has 0 spiro atoms. The Labute approximate surface area is 71.8 Å². The van der Waals surface area contributed by atoms with Crippen molar-refractivity contribution in [2.24, 2.45) is 0 Å². The summed E-state index contributed by atoms with van der Waals surface area (Å²) in [6, 6.07) is 0. The van der Waals surface area contributed by atoms with Crippen LogP contribution in [0.1, 0.15) is 26.7 Å². The second-order valence-electron chi connectivity index (χ2n) is 2.30. The van der Waals surface area contributed by atoms with Crippen LogP contribution in [0.5, 0.6) is 0 Å². The molecule has 1 nitrogen and oxygen atoms in total. The Hall–Kier alpha value is 0.622. The molecule has 3 heteroatoms. The third-order valence-electron chi connectivity index (χ3n) is 1.21. The number of hydrogen-bond donors (Lipinski definition) is 0. The zero-order valence-electron chi connectivity index (χ0n) is 6.28. The minimum atomic E-state index is 0. The van der Waals surface area contributed by atoms with E-state index in [-0.39, 0.29) is 18.9 Å². The van der Waals surface area contributed by atoms with Crippen LogP contribution in [-0.4, -0.2) is 44.7 Å². The number of rotatable bonds is 4. The molecule has 0 aromatic heterocycles. The summed E-state index contributed by atoms with van der Waals surface area (Å²) >= 11 is 0. The van der Waals surface area contributed by atoms with E-state index in [2.05, 4.69) is 26.6 Å². The number of nitrogens with zero attached hydrogens (tertiary/aromatic N) is 1. The molecule has 0 unspecified atom stereocenters. The first kappa shape index (κ1) is 12.3. The fourth-order valence-corrected chi connectivity index (χ4v) is 0.875. The SMILES string of the molecule is BN(CCC)CCC.[LiH]. The molecule has 0 rings (SSSR count). The summed E-state index contributed by atoms with van der Waals surface area (Å²) in [5.74, 6) is 0. The first-order valence-electron chi connectivity index (χ1n) is 3.49. The molecule has 0 atom stereocenters. The Morgan fingerprint density at radius 1 is 1.11 bits per heavy atom. The molecule has 0 N–H and O–H groups in total. The zero-order valence-corrected chi connectivity index (χ0v) is 6.28. The summed E-state index contributed by atoms with van der Waals surface area (Å²) in [6.45, 7) is 6.92. The van der Waals surface area contributed by atoms with E-state index < -0.39 is 0 Å². The van der Waals surface area contributed by atoms with Gasteiger partial charge in [0.05, 0.1) is 0 Å². The van der Waals surface area contributed by atoms with Gasteiger partial charge >= 0.3 is 18.9 Å². The Bertz CT molecular complexity index is 46.3. The molecule has 0 fully saturated rings. The van der Waals surface area contributed by atoms with E-state index in [1.165, 1.54) is 25.9 Å². The van der Waals surface area contributed by atoms with Gasteiger partial charge in [-0.1, -0.05) is 13.8 Å². The molecule has 0 bridgehead atoms. The van der Waals surface area contributed by atoms with Crippen molar-refractivity contribution >= 4 is 26.8 Å². The predicted octanol–water partition coefficient (Wildman–Crippen LogP) is 0.00800. The molecule has 0 aliphatic carbocycles. The third kappa shape index (κ3) is 8.62. The van der Waals surface area contributed by atoms with E-state index in [0.717, 1.165) is 0 Å².